The number of halogens is 7. The highest BCUT2D eigenvalue weighted by atomic mass is 79.9. The minimum absolute atomic E-state index is 0.109. The van der Waals surface area contributed by atoms with Gasteiger partial charge in [-0.05, 0) is 46.3 Å². The Morgan fingerprint density at radius 3 is 1.88 bits per heavy atom. The second-order valence-corrected chi connectivity index (χ2v) is 6.10. The third-order valence-electron chi connectivity index (χ3n) is 2.66. The van der Waals surface area contributed by atoms with E-state index in [0.29, 0.717) is 16.3 Å². The fraction of sp³-hybridized carbons (Fsp3) is 0.133. The Hall–Kier alpha value is -1.32. The lowest BCUT2D eigenvalue weighted by Gasteiger charge is -2.15. The Kier molecular flexibility index (Phi) is 7.50. The van der Waals surface area contributed by atoms with E-state index < -0.39 is 23.7 Å². The van der Waals surface area contributed by atoms with Crippen molar-refractivity contribution < 1.29 is 31.9 Å². The van der Waals surface area contributed by atoms with E-state index in [1.165, 1.54) is 18.2 Å². The molecule has 0 saturated carbocycles. The predicted octanol–water partition coefficient (Wildman–Crippen LogP) is 5.58. The zero-order valence-electron chi connectivity index (χ0n) is 11.6. The molecule has 130 valence electrons. The summed E-state index contributed by atoms with van der Waals surface area (Å²) >= 11 is 5.78. The van der Waals surface area contributed by atoms with Crippen LogP contribution in [0.3, 0.4) is 0 Å². The van der Waals surface area contributed by atoms with Gasteiger partial charge in [0, 0.05) is 20.1 Å². The Labute approximate surface area is 150 Å². The number of aliphatic hydroxyl groups excluding tert-OH is 1. The molecular weight excluding hydrogens is 467 g/mol. The summed E-state index contributed by atoms with van der Waals surface area (Å²) in [6.45, 7) is 0. The topological polar surface area (TPSA) is 37.3 Å². The SMILES string of the molecule is O=Cc1ccc(F)cc1Br.OC(c1ccc(F)cc1Br)C(F)(F)F. The van der Waals surface area contributed by atoms with Crippen LogP contribution in [0.4, 0.5) is 22.0 Å². The van der Waals surface area contributed by atoms with Crippen LogP contribution in [0.2, 0.25) is 0 Å². The third-order valence-corrected chi connectivity index (χ3v) is 4.03. The van der Waals surface area contributed by atoms with Crippen LogP contribution in [0, 0.1) is 11.6 Å². The van der Waals surface area contributed by atoms with Gasteiger partial charge in [0.15, 0.2) is 12.4 Å². The van der Waals surface area contributed by atoms with Crippen molar-refractivity contribution >= 4 is 38.1 Å². The van der Waals surface area contributed by atoms with Gasteiger partial charge < -0.3 is 5.11 Å². The van der Waals surface area contributed by atoms with Gasteiger partial charge >= 0.3 is 6.18 Å². The van der Waals surface area contributed by atoms with E-state index in [1.54, 1.807) is 0 Å². The van der Waals surface area contributed by atoms with E-state index in [0.717, 1.165) is 18.2 Å². The third kappa shape index (κ3) is 5.95. The molecule has 2 rings (SSSR count). The molecule has 0 bridgehead atoms. The van der Waals surface area contributed by atoms with Crippen LogP contribution in [-0.4, -0.2) is 17.6 Å². The van der Waals surface area contributed by atoms with E-state index in [1.807, 2.05) is 0 Å². The normalized spacial score (nSPS) is 12.2. The number of rotatable bonds is 2. The van der Waals surface area contributed by atoms with E-state index in [4.69, 9.17) is 5.11 Å². The summed E-state index contributed by atoms with van der Waals surface area (Å²) < 4.78 is 61.4. The smallest absolute Gasteiger partial charge is 0.379 e. The maximum absolute atomic E-state index is 12.5. The van der Waals surface area contributed by atoms with Crippen molar-refractivity contribution in [1.82, 2.24) is 0 Å². The van der Waals surface area contributed by atoms with Crippen molar-refractivity contribution in [3.05, 3.63) is 68.1 Å². The van der Waals surface area contributed by atoms with Crippen LogP contribution in [-0.2, 0) is 0 Å². The Morgan fingerprint density at radius 1 is 0.958 bits per heavy atom. The Balaban J connectivity index is 0.000000254. The zero-order chi connectivity index (χ0) is 18.5. The van der Waals surface area contributed by atoms with Crippen LogP contribution in [0.5, 0.6) is 0 Å². The minimum atomic E-state index is -4.75. The van der Waals surface area contributed by atoms with Crippen molar-refractivity contribution in [2.45, 2.75) is 12.3 Å². The summed E-state index contributed by atoms with van der Waals surface area (Å²) in [5.74, 6) is -1.02. The van der Waals surface area contributed by atoms with Crippen molar-refractivity contribution in [3.63, 3.8) is 0 Å². The Bertz CT molecular complexity index is 719. The number of benzene rings is 2. The number of alkyl halides is 3. The number of hydrogen-bond acceptors (Lipinski definition) is 2. The first-order chi connectivity index (χ1) is 11.1. The van der Waals surface area contributed by atoms with Crippen molar-refractivity contribution in [2.75, 3.05) is 0 Å². The first kappa shape index (κ1) is 20.7. The fourth-order valence-corrected chi connectivity index (χ4v) is 2.51. The summed E-state index contributed by atoms with van der Waals surface area (Å²) in [5.41, 5.74) is 0.0558. The lowest BCUT2D eigenvalue weighted by molar-refractivity contribution is -0.207. The second kappa shape index (κ2) is 8.68. The molecule has 0 aliphatic carbocycles. The monoisotopic (exact) mass is 474 g/mol. The number of aliphatic hydroxyl groups is 1. The number of aldehydes is 1. The van der Waals surface area contributed by atoms with Gasteiger partial charge in [-0.15, -0.1) is 0 Å². The quantitative estimate of drug-likeness (QED) is 0.454. The largest absolute Gasteiger partial charge is 0.418 e. The summed E-state index contributed by atoms with van der Waals surface area (Å²) in [7, 11) is 0. The molecule has 1 N–H and O–H groups in total. The molecule has 24 heavy (non-hydrogen) atoms. The lowest BCUT2D eigenvalue weighted by atomic mass is 10.1. The second-order valence-electron chi connectivity index (χ2n) is 4.39. The maximum atomic E-state index is 12.5. The highest BCUT2D eigenvalue weighted by Gasteiger charge is 2.40. The maximum Gasteiger partial charge on any atom is 0.418 e. The lowest BCUT2D eigenvalue weighted by Crippen LogP contribution is -2.20. The van der Waals surface area contributed by atoms with Crippen LogP contribution in [0.15, 0.2) is 45.3 Å². The molecule has 0 fully saturated rings. The van der Waals surface area contributed by atoms with Crippen molar-refractivity contribution in [3.8, 4) is 0 Å². The molecule has 0 aliphatic rings. The van der Waals surface area contributed by atoms with Gasteiger partial charge in [-0.1, -0.05) is 22.0 Å². The predicted molar refractivity (Wildman–Crippen MR) is 84.6 cm³/mol. The van der Waals surface area contributed by atoms with Gasteiger partial charge in [-0.25, -0.2) is 8.78 Å². The fourth-order valence-electron chi connectivity index (χ4n) is 1.50. The molecule has 2 nitrogen and oxygen atoms in total. The molecule has 0 heterocycles. The van der Waals surface area contributed by atoms with Crippen LogP contribution >= 0.6 is 31.9 Å². The van der Waals surface area contributed by atoms with Gasteiger partial charge in [-0.3, -0.25) is 4.79 Å². The molecule has 0 aromatic heterocycles. The number of carbonyl (C=O) groups excluding carboxylic acids is 1. The summed E-state index contributed by atoms with van der Waals surface area (Å²) in [6.07, 6.45) is -6.68. The standard InChI is InChI=1S/C8H5BrF4O.C7H4BrFO/c9-6-3-4(10)1-2-5(6)7(14)8(11,12)13;8-7-3-6(9)2-1-5(7)4-10/h1-3,7,14H;1-4H. The van der Waals surface area contributed by atoms with E-state index in [9.17, 15) is 26.7 Å². The highest BCUT2D eigenvalue weighted by molar-refractivity contribution is 9.10. The van der Waals surface area contributed by atoms with Gasteiger partial charge in [0.05, 0.1) is 0 Å². The van der Waals surface area contributed by atoms with Crippen LogP contribution < -0.4 is 0 Å². The minimum Gasteiger partial charge on any atom is -0.379 e. The molecule has 0 saturated heterocycles. The molecule has 1 atom stereocenters. The van der Waals surface area contributed by atoms with Crippen LogP contribution in [0.1, 0.15) is 22.0 Å². The van der Waals surface area contributed by atoms with Gasteiger partial charge in [0.25, 0.3) is 0 Å². The summed E-state index contributed by atoms with van der Waals surface area (Å²) in [6, 6.07) is 6.53. The van der Waals surface area contributed by atoms with Crippen LogP contribution in [0.25, 0.3) is 0 Å². The number of carbonyl (C=O) groups is 1. The zero-order valence-corrected chi connectivity index (χ0v) is 14.8. The van der Waals surface area contributed by atoms with E-state index >= 15 is 0 Å². The summed E-state index contributed by atoms with van der Waals surface area (Å²) in [5, 5.41) is 8.85. The molecule has 2 aromatic carbocycles. The van der Waals surface area contributed by atoms with Crippen molar-refractivity contribution in [1.29, 1.82) is 0 Å². The highest BCUT2D eigenvalue weighted by Crippen LogP contribution is 2.36. The molecule has 2 aromatic rings. The molecule has 9 heteroatoms. The first-order valence-electron chi connectivity index (χ1n) is 6.16. The first-order valence-corrected chi connectivity index (χ1v) is 7.74. The molecule has 0 radical (unpaired) electrons. The van der Waals surface area contributed by atoms with Gasteiger partial charge in [-0.2, -0.15) is 13.2 Å². The van der Waals surface area contributed by atoms with Crippen molar-refractivity contribution in [2.24, 2.45) is 0 Å². The molecule has 0 amide bonds. The average molecular weight is 476 g/mol. The average Bonchev–Trinajstić information content (AvgIpc) is 2.46. The van der Waals surface area contributed by atoms with Gasteiger partial charge in [0.2, 0.25) is 0 Å². The number of hydrogen-bond donors (Lipinski definition) is 1. The molecule has 0 aliphatic heterocycles. The van der Waals surface area contributed by atoms with E-state index in [-0.39, 0.29) is 10.3 Å². The molecule has 0 spiro atoms. The van der Waals surface area contributed by atoms with Gasteiger partial charge in [0.1, 0.15) is 11.6 Å². The van der Waals surface area contributed by atoms with E-state index in [2.05, 4.69) is 31.9 Å². The molecular formula is C15H9Br2F5O2. The molecule has 1 unspecified atom stereocenters. The Morgan fingerprint density at radius 2 is 1.46 bits per heavy atom. The summed E-state index contributed by atoms with van der Waals surface area (Å²) in [4.78, 5) is 10.2.